The van der Waals surface area contributed by atoms with E-state index in [-0.39, 0.29) is 6.10 Å². The van der Waals surface area contributed by atoms with Crippen molar-refractivity contribution in [1.82, 2.24) is 0 Å². The van der Waals surface area contributed by atoms with Gasteiger partial charge in [0.15, 0.2) is 0 Å². The average molecular weight is 239 g/mol. The van der Waals surface area contributed by atoms with E-state index >= 15 is 0 Å². The molecule has 1 saturated carbocycles. The molecule has 1 aromatic heterocycles. The van der Waals surface area contributed by atoms with Crippen molar-refractivity contribution in [2.75, 3.05) is 6.54 Å². The van der Waals surface area contributed by atoms with Gasteiger partial charge in [-0.15, -0.1) is 0 Å². The van der Waals surface area contributed by atoms with Gasteiger partial charge in [-0.2, -0.15) is 11.3 Å². The summed E-state index contributed by atoms with van der Waals surface area (Å²) in [5, 5.41) is 13.9. The number of hydrogen-bond donors (Lipinski definition) is 2. The van der Waals surface area contributed by atoms with Crippen molar-refractivity contribution < 1.29 is 5.11 Å². The van der Waals surface area contributed by atoms with E-state index in [1.54, 1.807) is 11.3 Å². The maximum Gasteiger partial charge on any atom is 0.0540 e. The molecule has 0 radical (unpaired) electrons. The van der Waals surface area contributed by atoms with Gasteiger partial charge in [0.05, 0.1) is 6.10 Å². The molecule has 3 N–H and O–H groups in total. The molecule has 2 rings (SSSR count). The van der Waals surface area contributed by atoms with Crippen molar-refractivity contribution in [2.45, 2.75) is 44.6 Å². The van der Waals surface area contributed by atoms with Gasteiger partial charge in [-0.3, -0.25) is 0 Å². The minimum atomic E-state index is -0.0826. The zero-order chi connectivity index (χ0) is 11.4. The fourth-order valence-electron chi connectivity index (χ4n) is 2.62. The van der Waals surface area contributed by atoms with Crippen molar-refractivity contribution in [3.05, 3.63) is 22.4 Å². The summed E-state index contributed by atoms with van der Waals surface area (Å²) >= 11 is 1.76. The van der Waals surface area contributed by atoms with Crippen molar-refractivity contribution in [3.8, 4) is 0 Å². The van der Waals surface area contributed by atoms with E-state index in [1.165, 1.54) is 12.0 Å². The van der Waals surface area contributed by atoms with Crippen LogP contribution in [0.2, 0.25) is 0 Å². The van der Waals surface area contributed by atoms with Crippen molar-refractivity contribution in [2.24, 2.45) is 11.1 Å². The Balaban J connectivity index is 1.89. The van der Waals surface area contributed by atoms with Crippen LogP contribution in [0.1, 0.15) is 37.7 Å². The summed E-state index contributed by atoms with van der Waals surface area (Å²) in [6.07, 6.45) is 6.27. The average Bonchev–Trinajstić information content (AvgIpc) is 2.82. The van der Waals surface area contributed by atoms with Crippen molar-refractivity contribution in [3.63, 3.8) is 0 Å². The molecule has 0 amide bonds. The molecule has 0 unspecified atom stereocenters. The lowest BCUT2D eigenvalue weighted by atomic mass is 9.70. The van der Waals surface area contributed by atoms with E-state index in [0.29, 0.717) is 5.41 Å². The van der Waals surface area contributed by atoms with Crippen LogP contribution in [-0.4, -0.2) is 17.8 Å². The van der Waals surface area contributed by atoms with Gasteiger partial charge in [0, 0.05) is 0 Å². The maximum absolute atomic E-state index is 9.55. The summed E-state index contributed by atoms with van der Waals surface area (Å²) in [5.74, 6) is 0. The first-order chi connectivity index (χ1) is 7.74. The van der Waals surface area contributed by atoms with Crippen molar-refractivity contribution >= 4 is 11.3 Å². The minimum Gasteiger partial charge on any atom is -0.393 e. The molecule has 0 spiro atoms. The van der Waals surface area contributed by atoms with E-state index in [1.807, 2.05) is 0 Å². The molecular weight excluding hydrogens is 218 g/mol. The Bertz CT molecular complexity index is 302. The van der Waals surface area contributed by atoms with Crippen LogP contribution in [0.4, 0.5) is 0 Å². The zero-order valence-electron chi connectivity index (χ0n) is 9.69. The lowest BCUT2D eigenvalue weighted by Crippen LogP contribution is -2.36. The number of thiophene rings is 1. The molecule has 1 aromatic rings. The van der Waals surface area contributed by atoms with Crippen LogP contribution in [-0.2, 0) is 6.42 Å². The van der Waals surface area contributed by atoms with Gasteiger partial charge >= 0.3 is 0 Å². The maximum atomic E-state index is 9.55. The fraction of sp³-hybridized carbons (Fsp3) is 0.692. The quantitative estimate of drug-likeness (QED) is 0.848. The largest absolute Gasteiger partial charge is 0.393 e. The summed E-state index contributed by atoms with van der Waals surface area (Å²) in [6, 6.07) is 2.20. The fourth-order valence-corrected chi connectivity index (χ4v) is 3.32. The molecule has 0 saturated heterocycles. The zero-order valence-corrected chi connectivity index (χ0v) is 10.5. The van der Waals surface area contributed by atoms with Gasteiger partial charge in [0.25, 0.3) is 0 Å². The van der Waals surface area contributed by atoms with Crippen LogP contribution in [0.5, 0.6) is 0 Å². The van der Waals surface area contributed by atoms with Gasteiger partial charge < -0.3 is 10.8 Å². The molecule has 1 aliphatic carbocycles. The van der Waals surface area contributed by atoms with Crippen LogP contribution in [0.3, 0.4) is 0 Å². The van der Waals surface area contributed by atoms with E-state index in [9.17, 15) is 5.11 Å². The molecule has 90 valence electrons. The Labute approximate surface area is 101 Å². The highest BCUT2D eigenvalue weighted by Crippen LogP contribution is 2.39. The Morgan fingerprint density at radius 3 is 2.75 bits per heavy atom. The summed E-state index contributed by atoms with van der Waals surface area (Å²) < 4.78 is 0. The third-order valence-corrected chi connectivity index (χ3v) is 4.70. The van der Waals surface area contributed by atoms with E-state index in [0.717, 1.165) is 38.6 Å². The second-order valence-electron chi connectivity index (χ2n) is 5.07. The Kier molecular flexibility index (Phi) is 4.00. The highest BCUT2D eigenvalue weighted by molar-refractivity contribution is 7.07. The Hall–Kier alpha value is -0.380. The van der Waals surface area contributed by atoms with Crippen LogP contribution < -0.4 is 5.73 Å². The molecule has 2 nitrogen and oxygen atoms in total. The predicted octanol–water partition coefficient (Wildman–Crippen LogP) is 2.56. The molecule has 16 heavy (non-hydrogen) atoms. The predicted molar refractivity (Wildman–Crippen MR) is 68.6 cm³/mol. The standard InChI is InChI=1S/C13H21NOS/c14-10-13(6-2-12(15)3-7-13)5-1-11-4-8-16-9-11/h4,8-9,12,15H,1-3,5-7,10,14H2. The number of rotatable bonds is 4. The summed E-state index contributed by atoms with van der Waals surface area (Å²) in [7, 11) is 0. The highest BCUT2D eigenvalue weighted by Gasteiger charge is 2.33. The smallest absolute Gasteiger partial charge is 0.0540 e. The molecular formula is C13H21NOS. The first kappa shape index (κ1) is 12.1. The molecule has 1 aliphatic rings. The Morgan fingerprint density at radius 1 is 1.44 bits per heavy atom. The van der Waals surface area contributed by atoms with Gasteiger partial charge in [0.1, 0.15) is 0 Å². The topological polar surface area (TPSA) is 46.2 Å². The van der Waals surface area contributed by atoms with Gasteiger partial charge in [-0.25, -0.2) is 0 Å². The summed E-state index contributed by atoms with van der Waals surface area (Å²) in [4.78, 5) is 0. The molecule has 0 bridgehead atoms. The van der Waals surface area contributed by atoms with E-state index in [2.05, 4.69) is 16.8 Å². The van der Waals surface area contributed by atoms with Gasteiger partial charge in [0.2, 0.25) is 0 Å². The SMILES string of the molecule is NCC1(CCc2ccsc2)CCC(O)CC1. The first-order valence-corrected chi connectivity index (χ1v) is 7.08. The second kappa shape index (κ2) is 5.30. The molecule has 0 atom stereocenters. The molecule has 1 heterocycles. The molecule has 0 aliphatic heterocycles. The summed E-state index contributed by atoms with van der Waals surface area (Å²) in [6.45, 7) is 0.768. The lowest BCUT2D eigenvalue weighted by molar-refractivity contribution is 0.0620. The number of nitrogens with two attached hydrogens (primary N) is 1. The van der Waals surface area contributed by atoms with E-state index < -0.39 is 0 Å². The monoisotopic (exact) mass is 239 g/mol. The third-order valence-electron chi connectivity index (χ3n) is 3.97. The second-order valence-corrected chi connectivity index (χ2v) is 5.85. The number of aryl methyl sites for hydroxylation is 1. The third kappa shape index (κ3) is 2.84. The normalized spacial score (nSPS) is 30.5. The highest BCUT2D eigenvalue weighted by atomic mass is 32.1. The van der Waals surface area contributed by atoms with Crippen LogP contribution in [0.25, 0.3) is 0 Å². The van der Waals surface area contributed by atoms with Gasteiger partial charge in [-0.05, 0) is 72.9 Å². The number of aliphatic hydroxyl groups is 1. The first-order valence-electron chi connectivity index (χ1n) is 6.13. The molecule has 0 aromatic carbocycles. The lowest BCUT2D eigenvalue weighted by Gasteiger charge is -2.38. The van der Waals surface area contributed by atoms with Crippen LogP contribution >= 0.6 is 11.3 Å². The van der Waals surface area contributed by atoms with E-state index in [4.69, 9.17) is 5.73 Å². The molecule has 1 fully saturated rings. The number of aliphatic hydroxyl groups excluding tert-OH is 1. The number of hydrogen-bond acceptors (Lipinski definition) is 3. The van der Waals surface area contributed by atoms with Gasteiger partial charge in [-0.1, -0.05) is 0 Å². The van der Waals surface area contributed by atoms with Crippen LogP contribution in [0, 0.1) is 5.41 Å². The summed E-state index contributed by atoms with van der Waals surface area (Å²) in [5.41, 5.74) is 7.67. The van der Waals surface area contributed by atoms with Crippen LogP contribution in [0.15, 0.2) is 16.8 Å². The Morgan fingerprint density at radius 2 is 2.19 bits per heavy atom. The van der Waals surface area contributed by atoms with Crippen molar-refractivity contribution in [1.29, 1.82) is 0 Å². The minimum absolute atomic E-state index is 0.0826. The molecule has 3 heteroatoms.